The normalized spacial score (nSPS) is 26.9. The van der Waals surface area contributed by atoms with E-state index in [9.17, 15) is 13.2 Å². The van der Waals surface area contributed by atoms with Crippen molar-refractivity contribution < 1.29 is 13.2 Å². The van der Waals surface area contributed by atoms with E-state index in [0.29, 0.717) is 25.2 Å². The first-order valence-electron chi connectivity index (χ1n) is 4.71. The van der Waals surface area contributed by atoms with Crippen molar-refractivity contribution in [3.05, 3.63) is 0 Å². The number of hydrogen-bond acceptors (Lipinski definition) is 3. The van der Waals surface area contributed by atoms with Gasteiger partial charge >= 0.3 is 6.18 Å². The Balaban J connectivity index is 2.63. The van der Waals surface area contributed by atoms with Crippen molar-refractivity contribution in [2.45, 2.75) is 12.6 Å². The van der Waals surface area contributed by atoms with E-state index in [0.717, 1.165) is 0 Å². The first kappa shape index (κ1) is 12.2. The Bertz CT molecular complexity index is 260. The Morgan fingerprint density at radius 2 is 2.27 bits per heavy atom. The van der Waals surface area contributed by atoms with Crippen molar-refractivity contribution in [3.8, 4) is 0 Å². The first-order chi connectivity index (χ1) is 6.92. The average Bonchev–Trinajstić information content (AvgIpc) is 2.14. The molecule has 6 heteroatoms. The number of rotatable bonds is 2. The van der Waals surface area contributed by atoms with Crippen LogP contribution >= 0.6 is 0 Å². The molecule has 0 bridgehead atoms. The SMILES string of the molecule is CN1CCC(=NCC(F)(F)F)C(C=N)C1. The minimum Gasteiger partial charge on any atom is -0.312 e. The molecule has 1 rings (SSSR count). The second-order valence-corrected chi connectivity index (χ2v) is 3.71. The second-order valence-electron chi connectivity index (χ2n) is 3.71. The molecular weight excluding hydrogens is 207 g/mol. The monoisotopic (exact) mass is 221 g/mol. The van der Waals surface area contributed by atoms with Crippen LogP contribution in [-0.4, -0.2) is 49.7 Å². The lowest BCUT2D eigenvalue weighted by Crippen LogP contribution is -2.39. The van der Waals surface area contributed by atoms with Crippen molar-refractivity contribution in [1.82, 2.24) is 4.90 Å². The standard InChI is InChI=1S/C9H14F3N3/c1-15-3-2-8(7(4-13)5-15)14-6-9(10,11)12/h4,7,13H,2-3,5-6H2,1H3. The first-order valence-corrected chi connectivity index (χ1v) is 4.71. The van der Waals surface area contributed by atoms with Crippen molar-refractivity contribution in [1.29, 1.82) is 5.41 Å². The van der Waals surface area contributed by atoms with Crippen LogP contribution in [0.25, 0.3) is 0 Å². The van der Waals surface area contributed by atoms with Gasteiger partial charge < -0.3 is 10.3 Å². The maximum Gasteiger partial charge on any atom is 0.407 e. The van der Waals surface area contributed by atoms with Gasteiger partial charge in [-0.2, -0.15) is 13.2 Å². The highest BCUT2D eigenvalue weighted by molar-refractivity contribution is 5.98. The fraction of sp³-hybridized carbons (Fsp3) is 0.778. The summed E-state index contributed by atoms with van der Waals surface area (Å²) < 4.78 is 35.8. The Morgan fingerprint density at radius 3 is 2.80 bits per heavy atom. The van der Waals surface area contributed by atoms with E-state index >= 15 is 0 Å². The van der Waals surface area contributed by atoms with E-state index in [1.807, 2.05) is 11.9 Å². The van der Waals surface area contributed by atoms with Gasteiger partial charge in [-0.05, 0) is 13.5 Å². The van der Waals surface area contributed by atoms with E-state index in [2.05, 4.69) is 4.99 Å². The molecule has 1 aliphatic rings. The molecule has 3 nitrogen and oxygen atoms in total. The van der Waals surface area contributed by atoms with Gasteiger partial charge in [0.25, 0.3) is 0 Å². The molecule has 0 aliphatic carbocycles. The second kappa shape index (κ2) is 4.74. The summed E-state index contributed by atoms with van der Waals surface area (Å²) in [6.07, 6.45) is -2.56. The molecule has 1 N–H and O–H groups in total. The number of aliphatic imine (C=N–C) groups is 1. The topological polar surface area (TPSA) is 39.5 Å². The molecule has 0 aromatic carbocycles. The van der Waals surface area contributed by atoms with Crippen LogP contribution in [0.5, 0.6) is 0 Å². The van der Waals surface area contributed by atoms with Crippen LogP contribution in [0.1, 0.15) is 6.42 Å². The van der Waals surface area contributed by atoms with Crippen LogP contribution < -0.4 is 0 Å². The molecular formula is C9H14F3N3. The fourth-order valence-corrected chi connectivity index (χ4v) is 1.56. The molecule has 86 valence electrons. The zero-order valence-electron chi connectivity index (χ0n) is 8.51. The third kappa shape index (κ3) is 3.99. The highest BCUT2D eigenvalue weighted by atomic mass is 19.4. The van der Waals surface area contributed by atoms with Gasteiger partial charge in [-0.25, -0.2) is 0 Å². The van der Waals surface area contributed by atoms with E-state index in [4.69, 9.17) is 5.41 Å². The molecule has 0 amide bonds. The smallest absolute Gasteiger partial charge is 0.312 e. The summed E-state index contributed by atoms with van der Waals surface area (Å²) in [4.78, 5) is 5.54. The molecule has 0 spiro atoms. The van der Waals surface area contributed by atoms with Gasteiger partial charge in [0.05, 0.1) is 0 Å². The molecule has 1 heterocycles. The Kier molecular flexibility index (Phi) is 3.84. The van der Waals surface area contributed by atoms with Crippen LogP contribution in [0, 0.1) is 11.3 Å². The average molecular weight is 221 g/mol. The van der Waals surface area contributed by atoms with Gasteiger partial charge in [0.15, 0.2) is 0 Å². The predicted octanol–water partition coefficient (Wildman–Crippen LogP) is 1.59. The lowest BCUT2D eigenvalue weighted by Gasteiger charge is -2.28. The zero-order valence-corrected chi connectivity index (χ0v) is 8.51. The molecule has 0 saturated carbocycles. The fourth-order valence-electron chi connectivity index (χ4n) is 1.56. The summed E-state index contributed by atoms with van der Waals surface area (Å²) in [6.45, 7) is 0.164. The summed E-state index contributed by atoms with van der Waals surface area (Å²) in [6, 6.07) is 0. The summed E-state index contributed by atoms with van der Waals surface area (Å²) in [5.74, 6) is -0.258. The van der Waals surface area contributed by atoms with Crippen LogP contribution in [0.2, 0.25) is 0 Å². The molecule has 0 aromatic heterocycles. The van der Waals surface area contributed by atoms with Crippen LogP contribution in [0.15, 0.2) is 4.99 Å². The molecule has 1 unspecified atom stereocenters. The van der Waals surface area contributed by atoms with E-state index in [1.54, 1.807) is 0 Å². The summed E-state index contributed by atoms with van der Waals surface area (Å²) >= 11 is 0. The van der Waals surface area contributed by atoms with Crippen molar-refractivity contribution in [2.24, 2.45) is 10.9 Å². The highest BCUT2D eigenvalue weighted by Gasteiger charge is 2.28. The van der Waals surface area contributed by atoms with E-state index < -0.39 is 12.7 Å². The summed E-state index contributed by atoms with van der Waals surface area (Å²) in [5.41, 5.74) is 0.500. The van der Waals surface area contributed by atoms with Gasteiger partial charge in [0.2, 0.25) is 0 Å². The van der Waals surface area contributed by atoms with Crippen LogP contribution in [0.3, 0.4) is 0 Å². The maximum atomic E-state index is 11.9. The van der Waals surface area contributed by atoms with Gasteiger partial charge in [-0.3, -0.25) is 4.99 Å². The van der Waals surface area contributed by atoms with Gasteiger partial charge in [-0.15, -0.1) is 0 Å². The zero-order chi connectivity index (χ0) is 11.5. The van der Waals surface area contributed by atoms with Gasteiger partial charge in [-0.1, -0.05) is 0 Å². The number of nitrogens with zero attached hydrogens (tertiary/aromatic N) is 2. The van der Waals surface area contributed by atoms with Crippen molar-refractivity contribution in [2.75, 3.05) is 26.7 Å². The van der Waals surface area contributed by atoms with E-state index in [-0.39, 0.29) is 5.92 Å². The number of nitrogens with one attached hydrogen (secondary N) is 1. The Labute approximate surface area is 86.5 Å². The molecule has 1 fully saturated rings. The molecule has 1 atom stereocenters. The molecule has 1 saturated heterocycles. The van der Waals surface area contributed by atoms with Gasteiger partial charge in [0.1, 0.15) is 6.54 Å². The Morgan fingerprint density at radius 1 is 1.60 bits per heavy atom. The predicted molar refractivity (Wildman–Crippen MR) is 52.7 cm³/mol. The molecule has 15 heavy (non-hydrogen) atoms. The number of hydrogen-bond donors (Lipinski definition) is 1. The summed E-state index contributed by atoms with van der Waals surface area (Å²) in [5, 5.41) is 7.14. The van der Waals surface area contributed by atoms with E-state index in [1.165, 1.54) is 6.21 Å². The van der Waals surface area contributed by atoms with Crippen molar-refractivity contribution >= 4 is 11.9 Å². The highest BCUT2D eigenvalue weighted by Crippen LogP contribution is 2.17. The Hall–Kier alpha value is -0.910. The third-order valence-electron chi connectivity index (χ3n) is 2.35. The minimum absolute atomic E-state index is 0.258. The third-order valence-corrected chi connectivity index (χ3v) is 2.35. The lowest BCUT2D eigenvalue weighted by atomic mass is 9.97. The van der Waals surface area contributed by atoms with Crippen LogP contribution in [-0.2, 0) is 0 Å². The molecule has 0 aromatic rings. The van der Waals surface area contributed by atoms with Crippen LogP contribution in [0.4, 0.5) is 13.2 Å². The maximum absolute atomic E-state index is 11.9. The molecule has 0 radical (unpaired) electrons. The number of alkyl halides is 3. The summed E-state index contributed by atoms with van der Waals surface area (Å²) in [7, 11) is 1.89. The molecule has 1 aliphatic heterocycles. The minimum atomic E-state index is -4.25. The van der Waals surface area contributed by atoms with Crippen molar-refractivity contribution in [3.63, 3.8) is 0 Å². The number of likely N-dealkylation sites (tertiary alicyclic amines) is 1. The van der Waals surface area contributed by atoms with Gasteiger partial charge in [0, 0.05) is 30.9 Å². The number of piperidine rings is 1. The number of halogens is 3. The quantitative estimate of drug-likeness (QED) is 0.707. The largest absolute Gasteiger partial charge is 0.407 e. The lowest BCUT2D eigenvalue weighted by molar-refractivity contribution is -0.118.